The predicted octanol–water partition coefficient (Wildman–Crippen LogP) is 3.44. The van der Waals surface area contributed by atoms with Crippen LogP contribution in [0.4, 0.5) is 18.9 Å². The maximum atomic E-state index is 12.1. The van der Waals surface area contributed by atoms with E-state index >= 15 is 0 Å². The van der Waals surface area contributed by atoms with Gasteiger partial charge in [-0.1, -0.05) is 12.7 Å². The number of ether oxygens (including phenoxy) is 1. The lowest BCUT2D eigenvalue weighted by atomic mass is 10.1. The van der Waals surface area contributed by atoms with Crippen LogP contribution in [0.3, 0.4) is 0 Å². The number of allylic oxidation sites excluding steroid dienone is 1. The summed E-state index contributed by atoms with van der Waals surface area (Å²) in [6.07, 6.45) is -1.88. The maximum absolute atomic E-state index is 12.1. The van der Waals surface area contributed by atoms with Crippen molar-refractivity contribution in [2.24, 2.45) is 0 Å². The van der Waals surface area contributed by atoms with E-state index in [9.17, 15) is 18.0 Å². The number of alkyl halides is 3. The van der Waals surface area contributed by atoms with Crippen LogP contribution >= 0.6 is 0 Å². The maximum Gasteiger partial charge on any atom is 0.573 e. The van der Waals surface area contributed by atoms with Gasteiger partial charge in [-0.15, -0.1) is 19.8 Å². The highest BCUT2D eigenvalue weighted by Gasteiger charge is 2.31. The van der Waals surface area contributed by atoms with Crippen molar-refractivity contribution in [1.29, 1.82) is 0 Å². The molecule has 3 nitrogen and oxygen atoms in total. The van der Waals surface area contributed by atoms with Crippen LogP contribution in [0.25, 0.3) is 0 Å². The number of carbonyl (C=O) groups is 1. The van der Waals surface area contributed by atoms with Crippen LogP contribution in [-0.4, -0.2) is 12.3 Å². The second kappa shape index (κ2) is 6.08. The van der Waals surface area contributed by atoms with Crippen LogP contribution < -0.4 is 10.1 Å². The Morgan fingerprint density at radius 2 is 2.05 bits per heavy atom. The zero-order chi connectivity index (χ0) is 14.5. The van der Waals surface area contributed by atoms with Crippen LogP contribution in [0.5, 0.6) is 5.75 Å². The van der Waals surface area contributed by atoms with Crippen molar-refractivity contribution in [1.82, 2.24) is 0 Å². The smallest absolute Gasteiger partial charge is 0.406 e. The SMILES string of the molecule is C=CCc1cc(OC(F)(F)F)ccc1NC(=O)C=C. The summed E-state index contributed by atoms with van der Waals surface area (Å²) in [6, 6.07) is 3.66. The Kier molecular flexibility index (Phi) is 4.74. The summed E-state index contributed by atoms with van der Waals surface area (Å²) >= 11 is 0. The van der Waals surface area contributed by atoms with Crippen molar-refractivity contribution in [2.75, 3.05) is 5.32 Å². The predicted molar refractivity (Wildman–Crippen MR) is 65.9 cm³/mol. The Bertz CT molecular complexity index is 495. The molecule has 1 rings (SSSR count). The Hall–Kier alpha value is -2.24. The van der Waals surface area contributed by atoms with E-state index in [4.69, 9.17) is 0 Å². The lowest BCUT2D eigenvalue weighted by molar-refractivity contribution is -0.274. The molecule has 1 aromatic rings. The molecule has 0 spiro atoms. The van der Waals surface area contributed by atoms with Gasteiger partial charge in [-0.05, 0) is 36.3 Å². The summed E-state index contributed by atoms with van der Waals surface area (Å²) < 4.78 is 40.1. The molecule has 1 aromatic carbocycles. The Morgan fingerprint density at radius 1 is 1.37 bits per heavy atom. The zero-order valence-corrected chi connectivity index (χ0v) is 9.96. The van der Waals surface area contributed by atoms with Crippen molar-refractivity contribution in [3.05, 3.63) is 49.1 Å². The average Bonchev–Trinajstić information content (AvgIpc) is 2.30. The first-order chi connectivity index (χ1) is 8.85. The number of anilines is 1. The molecular formula is C13H12F3NO2. The topological polar surface area (TPSA) is 38.3 Å². The summed E-state index contributed by atoms with van der Waals surface area (Å²) in [5.74, 6) is -0.796. The van der Waals surface area contributed by atoms with Gasteiger partial charge < -0.3 is 10.1 Å². The molecule has 0 heterocycles. The minimum atomic E-state index is -4.75. The zero-order valence-electron chi connectivity index (χ0n) is 9.96. The van der Waals surface area contributed by atoms with E-state index in [1.54, 1.807) is 0 Å². The highest BCUT2D eigenvalue weighted by molar-refractivity contribution is 5.99. The Morgan fingerprint density at radius 3 is 2.58 bits per heavy atom. The van der Waals surface area contributed by atoms with Gasteiger partial charge in [0.25, 0.3) is 0 Å². The van der Waals surface area contributed by atoms with E-state index in [0.29, 0.717) is 17.7 Å². The summed E-state index contributed by atoms with van der Waals surface area (Å²) in [7, 11) is 0. The molecule has 6 heteroatoms. The molecule has 0 aliphatic rings. The van der Waals surface area contributed by atoms with Gasteiger partial charge in [-0.2, -0.15) is 0 Å². The first-order valence-corrected chi connectivity index (χ1v) is 5.28. The van der Waals surface area contributed by atoms with E-state index in [1.165, 1.54) is 18.2 Å². The average molecular weight is 271 g/mol. The van der Waals surface area contributed by atoms with E-state index in [2.05, 4.69) is 23.2 Å². The van der Waals surface area contributed by atoms with Gasteiger partial charge in [0.15, 0.2) is 0 Å². The lowest BCUT2D eigenvalue weighted by Gasteiger charge is -2.13. The number of amides is 1. The van der Waals surface area contributed by atoms with Crippen molar-refractivity contribution in [2.45, 2.75) is 12.8 Å². The number of hydrogen-bond donors (Lipinski definition) is 1. The minimum Gasteiger partial charge on any atom is -0.406 e. The number of hydrogen-bond acceptors (Lipinski definition) is 2. The molecule has 1 N–H and O–H groups in total. The van der Waals surface area contributed by atoms with Crippen molar-refractivity contribution >= 4 is 11.6 Å². The summed E-state index contributed by atoms with van der Waals surface area (Å²) in [5, 5.41) is 2.49. The molecule has 0 saturated carbocycles. The molecule has 0 fully saturated rings. The minimum absolute atomic E-state index is 0.293. The van der Waals surface area contributed by atoms with E-state index in [1.807, 2.05) is 0 Å². The molecule has 0 bridgehead atoms. The fourth-order valence-electron chi connectivity index (χ4n) is 1.40. The van der Waals surface area contributed by atoms with Gasteiger partial charge in [0.05, 0.1) is 0 Å². The Balaban J connectivity index is 3.03. The quantitative estimate of drug-likeness (QED) is 0.658. The third-order valence-electron chi connectivity index (χ3n) is 2.12. The van der Waals surface area contributed by atoms with Gasteiger partial charge in [-0.25, -0.2) is 0 Å². The van der Waals surface area contributed by atoms with Crippen molar-refractivity contribution in [3.8, 4) is 5.75 Å². The van der Waals surface area contributed by atoms with Crippen LogP contribution in [0, 0.1) is 0 Å². The normalized spacial score (nSPS) is 10.7. The third-order valence-corrected chi connectivity index (χ3v) is 2.12. The molecule has 0 aliphatic heterocycles. The van der Waals surface area contributed by atoms with Gasteiger partial charge in [0, 0.05) is 5.69 Å². The van der Waals surface area contributed by atoms with Crippen molar-refractivity contribution < 1.29 is 22.7 Å². The summed E-state index contributed by atoms with van der Waals surface area (Å²) in [6.45, 7) is 6.80. The van der Waals surface area contributed by atoms with Crippen LogP contribution in [0.1, 0.15) is 5.56 Å². The van der Waals surface area contributed by atoms with E-state index in [-0.39, 0.29) is 5.75 Å². The molecule has 102 valence electrons. The summed E-state index contributed by atoms with van der Waals surface area (Å²) in [4.78, 5) is 11.2. The second-order valence-electron chi connectivity index (χ2n) is 3.55. The molecule has 0 radical (unpaired) electrons. The van der Waals surface area contributed by atoms with Crippen molar-refractivity contribution in [3.63, 3.8) is 0 Å². The van der Waals surface area contributed by atoms with Crippen LogP contribution in [-0.2, 0) is 11.2 Å². The highest BCUT2D eigenvalue weighted by Crippen LogP contribution is 2.27. The number of rotatable bonds is 5. The number of carbonyl (C=O) groups excluding carboxylic acids is 1. The fourth-order valence-corrected chi connectivity index (χ4v) is 1.40. The van der Waals surface area contributed by atoms with Gasteiger partial charge >= 0.3 is 6.36 Å². The first-order valence-electron chi connectivity index (χ1n) is 5.28. The molecule has 19 heavy (non-hydrogen) atoms. The molecule has 0 aromatic heterocycles. The first kappa shape index (κ1) is 14.8. The van der Waals surface area contributed by atoms with Gasteiger partial charge in [0.1, 0.15) is 5.75 Å². The monoisotopic (exact) mass is 271 g/mol. The largest absolute Gasteiger partial charge is 0.573 e. The van der Waals surface area contributed by atoms with Gasteiger partial charge in [0.2, 0.25) is 5.91 Å². The van der Waals surface area contributed by atoms with E-state index in [0.717, 1.165) is 12.1 Å². The number of halogens is 3. The molecule has 0 aliphatic carbocycles. The molecule has 1 amide bonds. The second-order valence-corrected chi connectivity index (χ2v) is 3.55. The number of benzene rings is 1. The van der Waals surface area contributed by atoms with Crippen LogP contribution in [0.2, 0.25) is 0 Å². The van der Waals surface area contributed by atoms with E-state index < -0.39 is 12.3 Å². The highest BCUT2D eigenvalue weighted by atomic mass is 19.4. The lowest BCUT2D eigenvalue weighted by Crippen LogP contribution is -2.17. The molecule has 0 saturated heterocycles. The fraction of sp³-hybridized carbons (Fsp3) is 0.154. The third kappa shape index (κ3) is 4.87. The molecule has 0 atom stereocenters. The Labute approximate surface area is 108 Å². The standard InChI is InChI=1S/C13H12F3NO2/c1-3-5-9-8-10(19-13(14,15)16)6-7-11(9)17-12(18)4-2/h3-4,6-8H,1-2,5H2,(H,17,18). The molecular weight excluding hydrogens is 259 g/mol. The van der Waals surface area contributed by atoms with Crippen LogP contribution in [0.15, 0.2) is 43.5 Å². The van der Waals surface area contributed by atoms with Gasteiger partial charge in [-0.3, -0.25) is 4.79 Å². The molecule has 0 unspecified atom stereocenters. The number of nitrogens with one attached hydrogen (secondary N) is 1. The summed E-state index contributed by atoms with van der Waals surface area (Å²) in [5.41, 5.74) is 0.853.